The van der Waals surface area contributed by atoms with Crippen LogP contribution in [0.4, 0.5) is 5.95 Å². The summed E-state index contributed by atoms with van der Waals surface area (Å²) in [6.07, 6.45) is 5.62. The molecular formula is C21H19N7O2. The van der Waals surface area contributed by atoms with Gasteiger partial charge in [-0.15, -0.1) is 0 Å². The molecule has 0 bridgehead atoms. The molecule has 1 unspecified atom stereocenters. The molecule has 0 radical (unpaired) electrons. The number of benzene rings is 1. The van der Waals surface area contributed by atoms with E-state index in [2.05, 4.69) is 31.8 Å². The van der Waals surface area contributed by atoms with Gasteiger partial charge in [0.05, 0.1) is 17.6 Å². The van der Waals surface area contributed by atoms with Gasteiger partial charge in [-0.25, -0.2) is 14.5 Å². The van der Waals surface area contributed by atoms with Crippen molar-refractivity contribution in [2.24, 2.45) is 0 Å². The van der Waals surface area contributed by atoms with Gasteiger partial charge in [-0.3, -0.25) is 0 Å². The van der Waals surface area contributed by atoms with Crippen LogP contribution in [-0.4, -0.2) is 40.8 Å². The Balaban J connectivity index is 1.61. The number of hydrogen-bond donors (Lipinski definition) is 2. The van der Waals surface area contributed by atoms with Crippen molar-refractivity contribution in [2.75, 3.05) is 12.3 Å². The number of aromatic nitrogens is 6. The number of hydrogen-bond acceptors (Lipinski definition) is 7. The Labute approximate surface area is 172 Å². The number of nitrogens with zero attached hydrogens (tertiary/aromatic N) is 6. The third-order valence-electron chi connectivity index (χ3n) is 5.00. The highest BCUT2D eigenvalue weighted by atomic mass is 16.5. The first kappa shape index (κ1) is 18.1. The second-order valence-corrected chi connectivity index (χ2v) is 6.94. The number of anilines is 1. The highest BCUT2D eigenvalue weighted by Gasteiger charge is 2.37. The molecule has 0 saturated carbocycles. The lowest BCUT2D eigenvalue weighted by Gasteiger charge is -2.12. The van der Waals surface area contributed by atoms with Gasteiger partial charge in [-0.05, 0) is 25.1 Å². The molecule has 0 amide bonds. The maximum absolute atomic E-state index is 10.9. The molecule has 0 saturated heterocycles. The van der Waals surface area contributed by atoms with Crippen LogP contribution >= 0.6 is 0 Å². The molecule has 1 aliphatic rings. The van der Waals surface area contributed by atoms with Gasteiger partial charge in [0.1, 0.15) is 5.82 Å². The molecule has 9 heteroatoms. The van der Waals surface area contributed by atoms with E-state index in [1.807, 2.05) is 35.9 Å². The summed E-state index contributed by atoms with van der Waals surface area (Å²) < 4.78 is 9.40. The van der Waals surface area contributed by atoms with Crippen LogP contribution < -0.4 is 10.5 Å². The molecule has 150 valence electrons. The van der Waals surface area contributed by atoms with Crippen LogP contribution in [0.5, 0.6) is 6.01 Å². The zero-order chi connectivity index (χ0) is 20.7. The van der Waals surface area contributed by atoms with E-state index in [1.165, 1.54) is 0 Å². The SMILES string of the molecule is CCOc1nc2ccc(C#CC3(O)CCn4ccnc43)cc2n1-c1ccnc(N)n1. The predicted octanol–water partition coefficient (Wildman–Crippen LogP) is 1.64. The van der Waals surface area contributed by atoms with E-state index >= 15 is 0 Å². The second-order valence-electron chi connectivity index (χ2n) is 6.94. The Morgan fingerprint density at radius 3 is 2.97 bits per heavy atom. The van der Waals surface area contributed by atoms with Gasteiger partial charge in [-0.2, -0.15) is 9.97 Å². The van der Waals surface area contributed by atoms with E-state index in [-0.39, 0.29) is 5.95 Å². The largest absolute Gasteiger partial charge is 0.465 e. The third-order valence-corrected chi connectivity index (χ3v) is 5.00. The summed E-state index contributed by atoms with van der Waals surface area (Å²) in [7, 11) is 0. The molecule has 1 atom stereocenters. The second kappa shape index (κ2) is 6.86. The summed E-state index contributed by atoms with van der Waals surface area (Å²) in [4.78, 5) is 17.1. The number of aliphatic hydroxyl groups is 1. The maximum atomic E-state index is 10.9. The van der Waals surface area contributed by atoms with E-state index in [4.69, 9.17) is 10.5 Å². The fraction of sp³-hybridized carbons (Fsp3) is 0.238. The van der Waals surface area contributed by atoms with Crippen molar-refractivity contribution < 1.29 is 9.84 Å². The monoisotopic (exact) mass is 401 g/mol. The number of fused-ring (bicyclic) bond motifs is 2. The lowest BCUT2D eigenvalue weighted by atomic mass is 10.0. The van der Waals surface area contributed by atoms with Crippen molar-refractivity contribution in [1.82, 2.24) is 29.1 Å². The smallest absolute Gasteiger partial charge is 0.303 e. The molecule has 30 heavy (non-hydrogen) atoms. The summed E-state index contributed by atoms with van der Waals surface area (Å²) in [6, 6.07) is 7.76. The van der Waals surface area contributed by atoms with Crippen LogP contribution in [0, 0.1) is 11.8 Å². The van der Waals surface area contributed by atoms with E-state index in [0.717, 1.165) is 16.6 Å². The van der Waals surface area contributed by atoms with E-state index < -0.39 is 5.60 Å². The lowest BCUT2D eigenvalue weighted by molar-refractivity contribution is 0.0980. The highest BCUT2D eigenvalue weighted by molar-refractivity contribution is 5.80. The molecule has 4 heterocycles. The first-order valence-corrected chi connectivity index (χ1v) is 9.59. The average molecular weight is 401 g/mol. The van der Waals surface area contributed by atoms with Crippen molar-refractivity contribution in [3.63, 3.8) is 0 Å². The van der Waals surface area contributed by atoms with E-state index in [9.17, 15) is 5.11 Å². The number of nitrogen functional groups attached to an aromatic ring is 1. The number of nitrogens with two attached hydrogens (primary N) is 1. The molecule has 0 fully saturated rings. The zero-order valence-electron chi connectivity index (χ0n) is 16.3. The summed E-state index contributed by atoms with van der Waals surface area (Å²) in [5.74, 6) is 7.38. The molecule has 9 nitrogen and oxygen atoms in total. The average Bonchev–Trinajstić information content (AvgIpc) is 3.42. The van der Waals surface area contributed by atoms with Gasteiger partial charge in [0.25, 0.3) is 0 Å². The van der Waals surface area contributed by atoms with Crippen LogP contribution in [-0.2, 0) is 12.1 Å². The number of rotatable bonds is 3. The Morgan fingerprint density at radius 1 is 1.23 bits per heavy atom. The van der Waals surface area contributed by atoms with Gasteiger partial charge < -0.3 is 20.1 Å². The van der Waals surface area contributed by atoms with Crippen LogP contribution in [0.15, 0.2) is 42.9 Å². The van der Waals surface area contributed by atoms with Gasteiger partial charge >= 0.3 is 6.01 Å². The van der Waals surface area contributed by atoms with Crippen molar-refractivity contribution >= 4 is 17.0 Å². The van der Waals surface area contributed by atoms with Gasteiger partial charge in [0.15, 0.2) is 11.4 Å². The molecular weight excluding hydrogens is 382 g/mol. The van der Waals surface area contributed by atoms with Crippen LogP contribution in [0.1, 0.15) is 24.7 Å². The molecule has 0 spiro atoms. The molecule has 1 aromatic carbocycles. The lowest BCUT2D eigenvalue weighted by Crippen LogP contribution is -2.20. The van der Waals surface area contributed by atoms with Crippen molar-refractivity contribution in [3.8, 4) is 23.7 Å². The minimum atomic E-state index is -1.25. The Kier molecular flexibility index (Phi) is 4.15. The molecule has 0 aliphatic carbocycles. The minimum absolute atomic E-state index is 0.159. The number of ether oxygens (including phenoxy) is 1. The fourth-order valence-corrected chi connectivity index (χ4v) is 3.61. The highest BCUT2D eigenvalue weighted by Crippen LogP contribution is 2.31. The zero-order valence-corrected chi connectivity index (χ0v) is 16.3. The van der Waals surface area contributed by atoms with Crippen LogP contribution in [0.3, 0.4) is 0 Å². The first-order valence-electron chi connectivity index (χ1n) is 9.59. The third kappa shape index (κ3) is 2.94. The van der Waals surface area contributed by atoms with Crippen LogP contribution in [0.25, 0.3) is 16.9 Å². The Morgan fingerprint density at radius 2 is 2.13 bits per heavy atom. The van der Waals surface area contributed by atoms with Gasteiger partial charge in [0.2, 0.25) is 5.95 Å². The Hall–Kier alpha value is -3.90. The summed E-state index contributed by atoms with van der Waals surface area (Å²) >= 11 is 0. The molecule has 4 aromatic rings. The normalized spacial score (nSPS) is 17.5. The van der Waals surface area contributed by atoms with Crippen molar-refractivity contribution in [3.05, 3.63) is 54.2 Å². The van der Waals surface area contributed by atoms with Crippen molar-refractivity contribution in [2.45, 2.75) is 25.5 Å². The molecule has 1 aliphatic heterocycles. The van der Waals surface area contributed by atoms with Gasteiger partial charge in [-0.1, -0.05) is 11.8 Å². The van der Waals surface area contributed by atoms with Crippen LogP contribution in [0.2, 0.25) is 0 Å². The fourth-order valence-electron chi connectivity index (χ4n) is 3.61. The summed E-state index contributed by atoms with van der Waals surface area (Å²) in [6.45, 7) is 3.04. The summed E-state index contributed by atoms with van der Waals surface area (Å²) in [5.41, 5.74) is 6.74. The first-order chi connectivity index (χ1) is 14.6. The predicted molar refractivity (Wildman–Crippen MR) is 110 cm³/mol. The number of aryl methyl sites for hydroxylation is 1. The molecule has 3 N–H and O–H groups in total. The quantitative estimate of drug-likeness (QED) is 0.501. The molecule has 3 aromatic heterocycles. The summed E-state index contributed by atoms with van der Waals surface area (Å²) in [5, 5.41) is 10.9. The Bertz CT molecular complexity index is 1310. The standard InChI is InChI=1S/C21H19N7O2/c1-2-30-20-25-15-4-3-14(5-7-21(29)8-11-27-12-10-23-18(21)27)13-16(15)28(20)17-6-9-24-19(22)26-17/h3-4,6,9-10,12-13,29H,2,8,11H2,1H3,(H2,22,24,26). The maximum Gasteiger partial charge on any atom is 0.303 e. The van der Waals surface area contributed by atoms with E-state index in [0.29, 0.717) is 37.2 Å². The van der Waals surface area contributed by atoms with E-state index in [1.54, 1.807) is 23.0 Å². The van der Waals surface area contributed by atoms with Crippen molar-refractivity contribution in [1.29, 1.82) is 0 Å². The number of imidazole rings is 2. The molecule has 5 rings (SSSR count). The van der Waals surface area contributed by atoms with Gasteiger partial charge in [0, 0.05) is 43.2 Å². The minimum Gasteiger partial charge on any atom is -0.465 e. The topological polar surface area (TPSA) is 117 Å².